The molecule has 0 aromatic carbocycles. The maximum absolute atomic E-state index is 12.8. The molecule has 5 aliphatic rings. The van der Waals surface area contributed by atoms with Crippen LogP contribution in [0.1, 0.15) is 164 Å². The van der Waals surface area contributed by atoms with Crippen LogP contribution in [0.25, 0.3) is 0 Å². The van der Waals surface area contributed by atoms with E-state index in [2.05, 4.69) is 108 Å². The molecule has 4 aliphatic carbocycles. The summed E-state index contributed by atoms with van der Waals surface area (Å²) in [5, 5.41) is 0. The molecule has 3 heteroatoms. The van der Waals surface area contributed by atoms with Crippen LogP contribution >= 0.6 is 0 Å². The van der Waals surface area contributed by atoms with Crippen LogP contribution in [0.2, 0.25) is 0 Å². The van der Waals surface area contributed by atoms with Crippen molar-refractivity contribution in [2.75, 3.05) is 0 Å². The second-order valence-corrected chi connectivity index (χ2v) is 18.3. The maximum atomic E-state index is 12.8. The standard InChI is InChI=1S/C49H76O3/c1-7-8-19-25-45-46(52-45)26-20-17-15-13-11-9-10-12-14-16-18-21-27-47(50)51-40-32-34-48(5)39(36-40)28-29-41-43-31-30-42(38(4)24-22-23-37(2)3)49(43,6)35-33-44(41)48/h8,10-13,16-20,28,37-38,40-46H,7,9,14-15,21-27,29-36H2,1-6H3/b12-10-,13-11-,18-16-,19-8-,20-17-/t38-,40+,41+,42-,43+,44+,45?,46?,48+,49-/m1/s1. The van der Waals surface area contributed by atoms with Gasteiger partial charge in [0.15, 0.2) is 0 Å². The van der Waals surface area contributed by atoms with E-state index in [0.717, 1.165) is 93.3 Å². The number of carbonyl (C=O) groups is 1. The Balaban J connectivity index is 0.950. The predicted molar refractivity (Wildman–Crippen MR) is 220 cm³/mol. The predicted octanol–water partition coefficient (Wildman–Crippen LogP) is 13.6. The zero-order valence-corrected chi connectivity index (χ0v) is 34.2. The molecular formula is C49H76O3. The van der Waals surface area contributed by atoms with Crippen LogP contribution in [-0.4, -0.2) is 24.3 Å². The largest absolute Gasteiger partial charge is 0.462 e. The maximum Gasteiger partial charge on any atom is 0.306 e. The van der Waals surface area contributed by atoms with Gasteiger partial charge in [-0.1, -0.05) is 133 Å². The first-order valence-electron chi connectivity index (χ1n) is 21.9. The number of fused-ring (bicyclic) bond motifs is 5. The van der Waals surface area contributed by atoms with Crippen LogP contribution in [0.5, 0.6) is 0 Å². The van der Waals surface area contributed by atoms with E-state index in [9.17, 15) is 4.79 Å². The Morgan fingerprint density at radius 1 is 0.827 bits per heavy atom. The van der Waals surface area contributed by atoms with E-state index in [4.69, 9.17) is 9.47 Å². The number of esters is 1. The van der Waals surface area contributed by atoms with Gasteiger partial charge in [-0.2, -0.15) is 0 Å². The average molecular weight is 713 g/mol. The van der Waals surface area contributed by atoms with Crippen LogP contribution in [-0.2, 0) is 14.3 Å². The van der Waals surface area contributed by atoms with Crippen LogP contribution in [0, 0.1) is 46.3 Å². The van der Waals surface area contributed by atoms with Gasteiger partial charge < -0.3 is 9.47 Å². The molecule has 1 heterocycles. The van der Waals surface area contributed by atoms with Crippen molar-refractivity contribution in [3.05, 3.63) is 72.4 Å². The number of carbonyl (C=O) groups excluding carboxylic acids is 1. The molecule has 52 heavy (non-hydrogen) atoms. The average Bonchev–Trinajstić information content (AvgIpc) is 3.76. The van der Waals surface area contributed by atoms with Crippen LogP contribution in [0.3, 0.4) is 0 Å². The third kappa shape index (κ3) is 11.0. The van der Waals surface area contributed by atoms with Crippen molar-refractivity contribution >= 4 is 5.97 Å². The van der Waals surface area contributed by atoms with Gasteiger partial charge in [0.25, 0.3) is 0 Å². The number of rotatable bonds is 20. The van der Waals surface area contributed by atoms with Gasteiger partial charge in [-0.25, -0.2) is 0 Å². The van der Waals surface area contributed by atoms with E-state index in [1.54, 1.807) is 5.57 Å². The number of allylic oxidation sites excluding steroid dienone is 9. The van der Waals surface area contributed by atoms with Crippen LogP contribution < -0.4 is 0 Å². The lowest BCUT2D eigenvalue weighted by atomic mass is 9.47. The van der Waals surface area contributed by atoms with Crippen molar-refractivity contribution in [3.63, 3.8) is 0 Å². The third-order valence-corrected chi connectivity index (χ3v) is 14.4. The van der Waals surface area contributed by atoms with Gasteiger partial charge in [0.05, 0.1) is 12.2 Å². The molecule has 5 rings (SSSR count). The van der Waals surface area contributed by atoms with Gasteiger partial charge in [0.1, 0.15) is 6.10 Å². The smallest absolute Gasteiger partial charge is 0.306 e. The highest BCUT2D eigenvalue weighted by molar-refractivity contribution is 5.69. The summed E-state index contributed by atoms with van der Waals surface area (Å²) in [5.41, 5.74) is 2.46. The third-order valence-electron chi connectivity index (χ3n) is 14.4. The summed E-state index contributed by atoms with van der Waals surface area (Å²) in [6.07, 6.45) is 47.3. The first kappa shape index (κ1) is 41.0. The molecule has 0 aromatic rings. The summed E-state index contributed by atoms with van der Waals surface area (Å²) >= 11 is 0. The van der Waals surface area contributed by atoms with E-state index in [0.29, 0.717) is 29.5 Å². The minimum Gasteiger partial charge on any atom is -0.462 e. The fourth-order valence-electron chi connectivity index (χ4n) is 11.4. The van der Waals surface area contributed by atoms with Crippen LogP contribution in [0.4, 0.5) is 0 Å². The lowest BCUT2D eigenvalue weighted by Gasteiger charge is -2.58. The first-order chi connectivity index (χ1) is 25.2. The number of hydrogen-bond acceptors (Lipinski definition) is 3. The molecule has 0 spiro atoms. The number of ether oxygens (including phenoxy) is 2. The van der Waals surface area contributed by atoms with E-state index >= 15 is 0 Å². The summed E-state index contributed by atoms with van der Waals surface area (Å²) in [6, 6.07) is 0. The van der Waals surface area contributed by atoms with Crippen molar-refractivity contribution in [1.82, 2.24) is 0 Å². The molecule has 3 nitrogen and oxygen atoms in total. The molecule has 0 amide bonds. The van der Waals surface area contributed by atoms with Gasteiger partial charge in [0, 0.05) is 12.8 Å². The van der Waals surface area contributed by atoms with Crippen molar-refractivity contribution in [3.8, 4) is 0 Å². The quantitative estimate of drug-likeness (QED) is 0.0716. The molecule has 1 saturated heterocycles. The molecule has 0 N–H and O–H groups in total. The highest BCUT2D eigenvalue weighted by Crippen LogP contribution is 2.67. The number of epoxide rings is 1. The summed E-state index contributed by atoms with van der Waals surface area (Å²) < 4.78 is 11.8. The normalized spacial score (nSPS) is 35.1. The molecule has 0 bridgehead atoms. The monoisotopic (exact) mass is 713 g/mol. The fourth-order valence-corrected chi connectivity index (χ4v) is 11.4. The van der Waals surface area contributed by atoms with Crippen molar-refractivity contribution in [1.29, 1.82) is 0 Å². The van der Waals surface area contributed by atoms with E-state index in [-0.39, 0.29) is 12.1 Å². The molecule has 2 unspecified atom stereocenters. The molecule has 10 atom stereocenters. The molecule has 290 valence electrons. The minimum absolute atomic E-state index is 0.0242. The van der Waals surface area contributed by atoms with Gasteiger partial charge in [0.2, 0.25) is 0 Å². The summed E-state index contributed by atoms with van der Waals surface area (Å²) in [6.45, 7) is 14.8. The summed E-state index contributed by atoms with van der Waals surface area (Å²) in [7, 11) is 0. The molecule has 1 aliphatic heterocycles. The highest BCUT2D eigenvalue weighted by Gasteiger charge is 2.59. The highest BCUT2D eigenvalue weighted by atomic mass is 16.6. The Kier molecular flexibility index (Phi) is 15.8. The van der Waals surface area contributed by atoms with Crippen molar-refractivity contribution in [2.24, 2.45) is 46.3 Å². The minimum atomic E-state index is -0.0242. The van der Waals surface area contributed by atoms with Crippen LogP contribution in [0.15, 0.2) is 72.4 Å². The van der Waals surface area contributed by atoms with E-state index in [1.807, 2.05) is 0 Å². The second-order valence-electron chi connectivity index (χ2n) is 18.3. The zero-order valence-electron chi connectivity index (χ0n) is 34.2. The molecule has 3 saturated carbocycles. The lowest BCUT2D eigenvalue weighted by molar-refractivity contribution is -0.151. The lowest BCUT2D eigenvalue weighted by Crippen LogP contribution is -2.51. The van der Waals surface area contributed by atoms with Gasteiger partial charge >= 0.3 is 5.97 Å². The molecule has 0 aromatic heterocycles. The Morgan fingerprint density at radius 3 is 2.19 bits per heavy atom. The summed E-state index contributed by atoms with van der Waals surface area (Å²) in [4.78, 5) is 12.8. The Labute approximate surface area is 319 Å². The van der Waals surface area contributed by atoms with E-state index in [1.165, 1.54) is 57.8 Å². The van der Waals surface area contributed by atoms with Crippen molar-refractivity contribution < 1.29 is 14.3 Å². The molecular weight excluding hydrogens is 637 g/mol. The number of hydrogen-bond donors (Lipinski definition) is 0. The Hall–Kier alpha value is -2.13. The summed E-state index contributed by atoms with van der Waals surface area (Å²) in [5.74, 6) is 5.14. The zero-order chi connectivity index (χ0) is 37.0. The fraction of sp³-hybridized carbons (Fsp3) is 0.735. The topological polar surface area (TPSA) is 38.8 Å². The Bertz CT molecular complexity index is 1300. The molecule has 0 radical (unpaired) electrons. The second kappa shape index (κ2) is 20.0. The van der Waals surface area contributed by atoms with Crippen molar-refractivity contribution in [2.45, 2.75) is 182 Å². The van der Waals surface area contributed by atoms with Gasteiger partial charge in [-0.3, -0.25) is 4.79 Å². The molecule has 4 fully saturated rings. The van der Waals surface area contributed by atoms with E-state index < -0.39 is 0 Å². The first-order valence-corrected chi connectivity index (χ1v) is 21.9. The van der Waals surface area contributed by atoms with Gasteiger partial charge in [-0.15, -0.1) is 0 Å². The Morgan fingerprint density at radius 2 is 1.50 bits per heavy atom. The van der Waals surface area contributed by atoms with Gasteiger partial charge in [-0.05, 0) is 136 Å². The SMILES string of the molecule is CC/C=C\CC1OC1C/C=C\C/C=C\C/C=C\C/C=C\CCC(=O)O[C@H]1CC[C@@]2(C)C(=CC[C@H]3[C@@H]4CC[C@H]([C@H](C)CCCC(C)C)[C@@]4(C)CC[C@@H]32)C1.